The molecule has 2 N–H and O–H groups in total. The average Bonchev–Trinajstić information content (AvgIpc) is 3.37. The van der Waals surface area contributed by atoms with Gasteiger partial charge in [-0.1, -0.05) is 11.8 Å². The number of benzene rings is 2. The van der Waals surface area contributed by atoms with Gasteiger partial charge in [0.05, 0.1) is 17.2 Å². The number of fused-ring (bicyclic) bond motifs is 1. The number of nitrogens with zero attached hydrogens (tertiary/aromatic N) is 5. The van der Waals surface area contributed by atoms with Gasteiger partial charge >= 0.3 is 0 Å². The van der Waals surface area contributed by atoms with Gasteiger partial charge in [0.1, 0.15) is 29.4 Å². The fourth-order valence-electron chi connectivity index (χ4n) is 5.05. The van der Waals surface area contributed by atoms with E-state index in [9.17, 15) is 27.2 Å². The highest BCUT2D eigenvalue weighted by Gasteiger charge is 2.31. The molecule has 220 valence electrons. The summed E-state index contributed by atoms with van der Waals surface area (Å²) in [6.07, 6.45) is 3.82. The second kappa shape index (κ2) is 11.9. The molecule has 42 heavy (non-hydrogen) atoms. The number of nitrogen functional groups attached to an aromatic ring is 1. The smallest absolute Gasteiger partial charge is 0.233 e. The summed E-state index contributed by atoms with van der Waals surface area (Å²) in [7, 11) is 1.71. The zero-order chi connectivity index (χ0) is 30.1. The molecule has 0 spiro atoms. The molecule has 0 radical (unpaired) electrons. The van der Waals surface area contributed by atoms with Crippen molar-refractivity contribution in [3.05, 3.63) is 59.7 Å². The average molecular weight is 607 g/mol. The Morgan fingerprint density at radius 2 is 1.76 bits per heavy atom. The molecule has 4 aromatic rings. The first-order valence-corrected chi connectivity index (χ1v) is 13.8. The van der Waals surface area contributed by atoms with Crippen molar-refractivity contribution in [2.24, 2.45) is 0 Å². The Morgan fingerprint density at radius 3 is 2.40 bits per heavy atom. The molecule has 9 nitrogen and oxygen atoms in total. The fraction of sp³-hybridized carbons (Fsp3) is 0.296. The van der Waals surface area contributed by atoms with Crippen LogP contribution in [0.1, 0.15) is 31.7 Å². The standard InChI is InChI=1S/C27H23F5N6O3S/c1-37(20(40)10-42-12-39)13-2-4-14(5-3-13)38-27-21(26(33)34-11-35-27)24(36-38)16-7-6-15(8-17(16)28)41-25-22(31)18(29)9-19(30)23(25)32/h6-9,11-14H,2-5,10H2,1H3,(H2,33,34,35). The van der Waals surface area contributed by atoms with Crippen LogP contribution in [0, 0.1) is 29.1 Å². The van der Waals surface area contributed by atoms with Gasteiger partial charge in [-0.05, 0) is 37.8 Å². The van der Waals surface area contributed by atoms with Gasteiger partial charge in [0, 0.05) is 30.8 Å². The van der Waals surface area contributed by atoms with Crippen molar-refractivity contribution >= 4 is 40.1 Å². The van der Waals surface area contributed by atoms with E-state index in [1.165, 1.54) is 12.4 Å². The van der Waals surface area contributed by atoms with Crippen molar-refractivity contribution in [1.82, 2.24) is 24.6 Å². The Hall–Kier alpha value is -4.27. The summed E-state index contributed by atoms with van der Waals surface area (Å²) in [4.78, 5) is 32.9. The Labute approximate surface area is 239 Å². The van der Waals surface area contributed by atoms with Crippen LogP contribution in [0.15, 0.2) is 30.6 Å². The number of hydrogen-bond acceptors (Lipinski definition) is 8. The first kappa shape index (κ1) is 29.2. The number of rotatable bonds is 8. The van der Waals surface area contributed by atoms with Crippen LogP contribution in [-0.2, 0) is 9.59 Å². The number of halogens is 5. The molecule has 1 fully saturated rings. The van der Waals surface area contributed by atoms with E-state index in [0.29, 0.717) is 36.9 Å². The Morgan fingerprint density at radius 1 is 1.07 bits per heavy atom. The van der Waals surface area contributed by atoms with Crippen LogP contribution in [0.3, 0.4) is 0 Å². The molecule has 0 unspecified atom stereocenters. The van der Waals surface area contributed by atoms with Gasteiger partial charge in [0.25, 0.3) is 0 Å². The molecule has 0 atom stereocenters. The molecule has 1 amide bonds. The molecule has 2 aromatic carbocycles. The van der Waals surface area contributed by atoms with Crippen molar-refractivity contribution in [3.8, 4) is 22.8 Å². The zero-order valence-corrected chi connectivity index (χ0v) is 22.8. The number of thioether (sulfide) groups is 1. The van der Waals surface area contributed by atoms with Gasteiger partial charge in [-0.3, -0.25) is 9.59 Å². The summed E-state index contributed by atoms with van der Waals surface area (Å²) < 4.78 is 77.3. The molecular formula is C27H23F5N6O3S. The molecule has 2 heterocycles. The number of anilines is 1. The van der Waals surface area contributed by atoms with E-state index < -0.39 is 40.6 Å². The molecule has 0 aliphatic heterocycles. The summed E-state index contributed by atoms with van der Waals surface area (Å²) in [6, 6.07) is 3.04. The van der Waals surface area contributed by atoms with Crippen LogP contribution >= 0.6 is 11.8 Å². The normalized spacial score (nSPS) is 16.9. The molecule has 15 heteroatoms. The van der Waals surface area contributed by atoms with Gasteiger partial charge in [-0.25, -0.2) is 27.8 Å². The fourth-order valence-corrected chi connectivity index (χ4v) is 5.46. The Kier molecular flexibility index (Phi) is 8.29. The highest BCUT2D eigenvalue weighted by molar-refractivity contribution is 8.12. The van der Waals surface area contributed by atoms with E-state index in [2.05, 4.69) is 15.1 Å². The molecule has 2 aromatic heterocycles. The third-order valence-corrected chi connectivity index (χ3v) is 7.78. The van der Waals surface area contributed by atoms with Crippen molar-refractivity contribution in [2.45, 2.75) is 37.8 Å². The maximum absolute atomic E-state index is 15.4. The van der Waals surface area contributed by atoms with Gasteiger partial charge in [0.2, 0.25) is 23.3 Å². The molecular weight excluding hydrogens is 583 g/mol. The number of aromatic nitrogens is 4. The minimum absolute atomic E-state index is 0.0202. The predicted octanol–water partition coefficient (Wildman–Crippen LogP) is 5.43. The van der Waals surface area contributed by atoms with E-state index in [1.807, 2.05) is 0 Å². The van der Waals surface area contributed by atoms with Crippen LogP contribution < -0.4 is 10.5 Å². The summed E-state index contributed by atoms with van der Waals surface area (Å²) >= 11 is 0.900. The number of nitrogens with two attached hydrogens (primary N) is 1. The summed E-state index contributed by atoms with van der Waals surface area (Å²) in [5, 5.41) is 4.91. The third kappa shape index (κ3) is 5.47. The van der Waals surface area contributed by atoms with E-state index in [4.69, 9.17) is 10.5 Å². The summed E-state index contributed by atoms with van der Waals surface area (Å²) in [5.41, 5.74) is 7.20. The SMILES string of the molecule is CN(C(=O)CSC=O)C1CCC(n2nc(-c3ccc(Oc4c(F)c(F)cc(F)c4F)cc3F)c3c(N)ncnc32)CC1. The van der Waals surface area contributed by atoms with Crippen LogP contribution in [0.2, 0.25) is 0 Å². The molecule has 1 saturated carbocycles. The first-order valence-electron chi connectivity index (χ1n) is 12.7. The van der Waals surface area contributed by atoms with Crippen molar-refractivity contribution in [1.29, 1.82) is 0 Å². The van der Waals surface area contributed by atoms with Crippen LogP contribution in [0.25, 0.3) is 22.3 Å². The highest BCUT2D eigenvalue weighted by atomic mass is 32.2. The topological polar surface area (TPSA) is 116 Å². The number of carbonyl (C=O) groups excluding carboxylic acids is 2. The monoisotopic (exact) mass is 606 g/mol. The maximum atomic E-state index is 15.4. The van der Waals surface area contributed by atoms with E-state index in [1.54, 1.807) is 16.6 Å². The van der Waals surface area contributed by atoms with E-state index in [-0.39, 0.29) is 52.3 Å². The number of hydrogen-bond donors (Lipinski definition) is 1. The third-order valence-electron chi connectivity index (χ3n) is 7.23. The van der Waals surface area contributed by atoms with Gasteiger partial charge in [0.15, 0.2) is 22.9 Å². The molecule has 1 aliphatic rings. The van der Waals surface area contributed by atoms with E-state index >= 15 is 4.39 Å². The second-order valence-corrected chi connectivity index (χ2v) is 10.5. The highest BCUT2D eigenvalue weighted by Crippen LogP contribution is 2.39. The molecule has 0 saturated heterocycles. The second-order valence-electron chi connectivity index (χ2n) is 9.67. The van der Waals surface area contributed by atoms with E-state index in [0.717, 1.165) is 23.9 Å². The van der Waals surface area contributed by atoms with Crippen molar-refractivity contribution in [3.63, 3.8) is 0 Å². The van der Waals surface area contributed by atoms with Crippen LogP contribution in [-0.4, -0.2) is 55.0 Å². The molecule has 5 rings (SSSR count). The lowest BCUT2D eigenvalue weighted by molar-refractivity contribution is -0.129. The Balaban J connectivity index is 1.43. The maximum Gasteiger partial charge on any atom is 0.233 e. The molecule has 0 bridgehead atoms. The van der Waals surface area contributed by atoms with Crippen LogP contribution in [0.4, 0.5) is 27.8 Å². The Bertz CT molecular complexity index is 1650. The number of ether oxygens (including phenoxy) is 1. The van der Waals surface area contributed by atoms with Gasteiger partial charge in [-0.2, -0.15) is 13.9 Å². The number of amides is 1. The van der Waals surface area contributed by atoms with Crippen molar-refractivity contribution in [2.75, 3.05) is 18.5 Å². The van der Waals surface area contributed by atoms with Crippen LogP contribution in [0.5, 0.6) is 11.5 Å². The predicted molar refractivity (Wildman–Crippen MR) is 145 cm³/mol. The largest absolute Gasteiger partial charge is 0.451 e. The first-order chi connectivity index (χ1) is 20.1. The lowest BCUT2D eigenvalue weighted by atomic mass is 9.90. The minimum Gasteiger partial charge on any atom is -0.451 e. The van der Waals surface area contributed by atoms with Gasteiger partial charge in [-0.15, -0.1) is 0 Å². The quantitative estimate of drug-likeness (QED) is 0.160. The molecule has 1 aliphatic carbocycles. The van der Waals surface area contributed by atoms with Gasteiger partial charge < -0.3 is 15.4 Å². The lowest BCUT2D eigenvalue weighted by Crippen LogP contribution is -2.40. The number of carbonyl (C=O) groups is 2. The summed E-state index contributed by atoms with van der Waals surface area (Å²) in [6.45, 7) is 0. The minimum atomic E-state index is -1.77. The zero-order valence-electron chi connectivity index (χ0n) is 22.0. The van der Waals surface area contributed by atoms with Crippen molar-refractivity contribution < 1.29 is 36.3 Å². The lowest BCUT2D eigenvalue weighted by Gasteiger charge is -2.34. The summed E-state index contributed by atoms with van der Waals surface area (Å²) in [5.74, 6) is -9.58.